The van der Waals surface area contributed by atoms with Gasteiger partial charge in [-0.05, 0) is 31.0 Å². The monoisotopic (exact) mass is 342 g/mol. The molecule has 1 aromatic heterocycles. The van der Waals surface area contributed by atoms with Crippen LogP contribution in [0.3, 0.4) is 0 Å². The maximum atomic E-state index is 12.7. The number of hydrogen-bond acceptors (Lipinski definition) is 5. The highest BCUT2D eigenvalue weighted by atomic mass is 16.2. The molecule has 0 aliphatic heterocycles. The number of ketones is 1. The van der Waals surface area contributed by atoms with E-state index in [1.807, 2.05) is 24.1 Å². The number of nitrogens with two attached hydrogens (primary N) is 1. The quantitative estimate of drug-likeness (QED) is 0.816. The number of aromatic nitrogens is 2. The molecular weight excluding hydrogens is 320 g/mol. The van der Waals surface area contributed by atoms with Crippen LogP contribution >= 0.6 is 0 Å². The number of carbonyl (C=O) groups is 1. The molecule has 0 saturated carbocycles. The number of carbonyl (C=O) groups excluding carboxylic acids is 1. The van der Waals surface area contributed by atoms with Gasteiger partial charge in [0.25, 0.3) is 5.56 Å². The van der Waals surface area contributed by atoms with Gasteiger partial charge in [0.2, 0.25) is 0 Å². The predicted octanol–water partition coefficient (Wildman–Crippen LogP) is 0.468. The molecule has 7 nitrogen and oxygen atoms in total. The fourth-order valence-electron chi connectivity index (χ4n) is 3.53. The Morgan fingerprint density at radius 3 is 2.64 bits per heavy atom. The standard InChI is InChI=1S/C18H22N4O3/c1-20(13-9-8-11-6-4-5-7-12(11)13)10-14(23)15-16(19)21(2)18(25)22(3)17(15)24/h4-7,13H,8-10,19H2,1-3H3/t13-/m1/s1. The van der Waals surface area contributed by atoms with E-state index in [1.165, 1.54) is 25.2 Å². The lowest BCUT2D eigenvalue weighted by molar-refractivity contribution is 0.0917. The number of likely N-dealkylation sites (N-methyl/N-ethyl adjacent to an activating group) is 1. The molecule has 132 valence electrons. The van der Waals surface area contributed by atoms with Gasteiger partial charge >= 0.3 is 5.69 Å². The molecule has 0 bridgehead atoms. The first kappa shape index (κ1) is 17.2. The number of aryl methyl sites for hydroxylation is 1. The van der Waals surface area contributed by atoms with Gasteiger partial charge in [-0.2, -0.15) is 0 Å². The third-order valence-corrected chi connectivity index (χ3v) is 5.01. The summed E-state index contributed by atoms with van der Waals surface area (Å²) < 4.78 is 2.04. The minimum absolute atomic E-state index is 0.0661. The van der Waals surface area contributed by atoms with Crippen molar-refractivity contribution in [1.29, 1.82) is 0 Å². The molecule has 0 radical (unpaired) electrons. The highest BCUT2D eigenvalue weighted by Gasteiger charge is 2.28. The summed E-state index contributed by atoms with van der Waals surface area (Å²) in [6.45, 7) is 0.0661. The SMILES string of the molecule is CN(CC(=O)c1c(N)n(C)c(=O)n(C)c1=O)[C@@H]1CCc2ccccc21. The van der Waals surface area contributed by atoms with Gasteiger partial charge in [-0.3, -0.25) is 23.6 Å². The number of nitrogens with zero attached hydrogens (tertiary/aromatic N) is 3. The third kappa shape index (κ3) is 2.80. The average molecular weight is 342 g/mol. The molecule has 2 N–H and O–H groups in total. The van der Waals surface area contributed by atoms with E-state index in [-0.39, 0.29) is 29.8 Å². The van der Waals surface area contributed by atoms with Crippen LogP contribution in [-0.2, 0) is 20.5 Å². The predicted molar refractivity (Wildman–Crippen MR) is 95.8 cm³/mol. The Morgan fingerprint density at radius 2 is 1.92 bits per heavy atom. The van der Waals surface area contributed by atoms with E-state index in [4.69, 9.17) is 5.73 Å². The second-order valence-electron chi connectivity index (χ2n) is 6.56. The fourth-order valence-corrected chi connectivity index (χ4v) is 3.53. The van der Waals surface area contributed by atoms with Crippen molar-refractivity contribution in [3.63, 3.8) is 0 Å². The molecule has 1 aliphatic rings. The molecule has 1 aliphatic carbocycles. The number of nitrogen functional groups attached to an aromatic ring is 1. The summed E-state index contributed by atoms with van der Waals surface area (Å²) in [7, 11) is 4.66. The van der Waals surface area contributed by atoms with E-state index in [1.54, 1.807) is 0 Å². The van der Waals surface area contributed by atoms with E-state index in [0.717, 1.165) is 22.0 Å². The van der Waals surface area contributed by atoms with Gasteiger partial charge in [0.15, 0.2) is 5.78 Å². The van der Waals surface area contributed by atoms with Gasteiger partial charge in [-0.25, -0.2) is 4.79 Å². The molecule has 2 aromatic rings. The Hall–Kier alpha value is -2.67. The fraction of sp³-hybridized carbons (Fsp3) is 0.389. The van der Waals surface area contributed by atoms with Gasteiger partial charge in [0.05, 0.1) is 6.54 Å². The van der Waals surface area contributed by atoms with Gasteiger partial charge in [0, 0.05) is 20.1 Å². The van der Waals surface area contributed by atoms with Crippen molar-refractivity contribution < 1.29 is 4.79 Å². The smallest absolute Gasteiger partial charge is 0.332 e. The molecule has 0 spiro atoms. The summed E-state index contributed by atoms with van der Waals surface area (Å²) in [5.74, 6) is -0.459. The first-order valence-electron chi connectivity index (χ1n) is 8.19. The zero-order valence-corrected chi connectivity index (χ0v) is 14.7. The van der Waals surface area contributed by atoms with Crippen LogP contribution in [0.4, 0.5) is 5.82 Å². The van der Waals surface area contributed by atoms with Crippen LogP contribution in [0, 0.1) is 0 Å². The van der Waals surface area contributed by atoms with E-state index in [0.29, 0.717) is 0 Å². The molecule has 0 unspecified atom stereocenters. The summed E-state index contributed by atoms with van der Waals surface area (Å²) in [5, 5.41) is 0. The van der Waals surface area contributed by atoms with Crippen molar-refractivity contribution >= 4 is 11.6 Å². The van der Waals surface area contributed by atoms with Crippen LogP contribution in [0.1, 0.15) is 33.9 Å². The zero-order valence-electron chi connectivity index (χ0n) is 14.7. The highest BCUT2D eigenvalue weighted by molar-refractivity contribution is 6.01. The zero-order chi connectivity index (χ0) is 18.3. The summed E-state index contributed by atoms with van der Waals surface area (Å²) in [4.78, 5) is 38.9. The first-order chi connectivity index (χ1) is 11.8. The summed E-state index contributed by atoms with van der Waals surface area (Å²) in [5.41, 5.74) is 7.07. The van der Waals surface area contributed by atoms with E-state index >= 15 is 0 Å². The Kier molecular flexibility index (Phi) is 4.34. The van der Waals surface area contributed by atoms with Crippen molar-refractivity contribution in [3.05, 3.63) is 61.8 Å². The number of anilines is 1. The maximum absolute atomic E-state index is 12.7. The molecule has 25 heavy (non-hydrogen) atoms. The van der Waals surface area contributed by atoms with Crippen LogP contribution in [0.2, 0.25) is 0 Å². The van der Waals surface area contributed by atoms with Crippen LogP contribution in [0.5, 0.6) is 0 Å². The minimum atomic E-state index is -0.647. The summed E-state index contributed by atoms with van der Waals surface area (Å²) in [6.07, 6.45) is 1.91. The minimum Gasteiger partial charge on any atom is -0.384 e. The topological polar surface area (TPSA) is 90.3 Å². The van der Waals surface area contributed by atoms with Gasteiger partial charge < -0.3 is 5.73 Å². The molecule has 0 fully saturated rings. The van der Waals surface area contributed by atoms with E-state index < -0.39 is 11.2 Å². The Balaban J connectivity index is 1.89. The van der Waals surface area contributed by atoms with E-state index in [2.05, 4.69) is 12.1 Å². The Labute approximate surface area is 145 Å². The molecular formula is C18H22N4O3. The highest BCUT2D eigenvalue weighted by Crippen LogP contribution is 2.34. The largest absolute Gasteiger partial charge is 0.384 e. The van der Waals surface area contributed by atoms with Crippen molar-refractivity contribution in [2.45, 2.75) is 18.9 Å². The van der Waals surface area contributed by atoms with E-state index in [9.17, 15) is 14.4 Å². The van der Waals surface area contributed by atoms with Gasteiger partial charge in [0.1, 0.15) is 11.4 Å². The molecule has 7 heteroatoms. The van der Waals surface area contributed by atoms with Crippen molar-refractivity contribution in [2.24, 2.45) is 14.1 Å². The number of fused-ring (bicyclic) bond motifs is 1. The average Bonchev–Trinajstić information content (AvgIpc) is 3.02. The van der Waals surface area contributed by atoms with Crippen molar-refractivity contribution in [3.8, 4) is 0 Å². The second kappa shape index (κ2) is 6.33. The van der Waals surface area contributed by atoms with Gasteiger partial charge in [-0.15, -0.1) is 0 Å². The lowest BCUT2D eigenvalue weighted by Gasteiger charge is -2.24. The number of rotatable bonds is 4. The molecule has 3 rings (SSSR count). The van der Waals surface area contributed by atoms with Crippen molar-refractivity contribution in [2.75, 3.05) is 19.3 Å². The lowest BCUT2D eigenvalue weighted by atomic mass is 10.1. The van der Waals surface area contributed by atoms with Crippen LogP contribution in [-0.4, -0.2) is 33.4 Å². The normalized spacial score (nSPS) is 16.2. The Morgan fingerprint density at radius 1 is 1.24 bits per heavy atom. The molecule has 1 aromatic carbocycles. The Bertz CT molecular complexity index is 958. The van der Waals surface area contributed by atoms with Crippen LogP contribution < -0.4 is 17.0 Å². The summed E-state index contributed by atoms with van der Waals surface area (Å²) >= 11 is 0. The number of Topliss-reactive ketones (excluding diaryl/α,β-unsaturated/α-hetero) is 1. The van der Waals surface area contributed by atoms with Crippen molar-refractivity contribution in [1.82, 2.24) is 14.0 Å². The molecule has 1 atom stereocenters. The maximum Gasteiger partial charge on any atom is 0.332 e. The first-order valence-corrected chi connectivity index (χ1v) is 8.19. The lowest BCUT2D eigenvalue weighted by Crippen LogP contribution is -2.43. The number of benzene rings is 1. The third-order valence-electron chi connectivity index (χ3n) is 5.01. The number of hydrogen-bond donors (Lipinski definition) is 1. The van der Waals surface area contributed by atoms with Crippen LogP contribution in [0.15, 0.2) is 33.9 Å². The molecule has 0 amide bonds. The summed E-state index contributed by atoms with van der Waals surface area (Å²) in [6, 6.07) is 8.33. The van der Waals surface area contributed by atoms with Crippen LogP contribution in [0.25, 0.3) is 0 Å². The van der Waals surface area contributed by atoms with Gasteiger partial charge in [-0.1, -0.05) is 24.3 Å². The molecule has 1 heterocycles. The molecule has 0 saturated heterocycles. The second-order valence-corrected chi connectivity index (χ2v) is 6.56.